The number of furan rings is 1. The van der Waals surface area contributed by atoms with Crippen molar-refractivity contribution in [1.29, 1.82) is 0 Å². The number of carbonyl (C=O) groups excluding carboxylic acids is 1. The number of para-hydroxylation sites is 1. The van der Waals surface area contributed by atoms with E-state index in [1.807, 2.05) is 30.3 Å². The van der Waals surface area contributed by atoms with Crippen molar-refractivity contribution in [3.05, 3.63) is 87.1 Å². The molecule has 0 aliphatic carbocycles. The Morgan fingerprint density at radius 1 is 1.08 bits per heavy atom. The van der Waals surface area contributed by atoms with Crippen molar-refractivity contribution in [2.45, 2.75) is 13.0 Å². The summed E-state index contributed by atoms with van der Waals surface area (Å²) >= 11 is 3.47. The first-order chi connectivity index (χ1) is 18.4. The molecule has 0 amide bonds. The number of methoxy groups -OCH3 is 2. The quantitative estimate of drug-likeness (QED) is 0.189. The fourth-order valence-corrected chi connectivity index (χ4v) is 4.28. The van der Waals surface area contributed by atoms with Crippen LogP contribution in [0.5, 0.6) is 11.5 Å². The number of esters is 1. The van der Waals surface area contributed by atoms with Gasteiger partial charge in [-0.2, -0.15) is 9.78 Å². The molecule has 0 spiro atoms. The largest absolute Gasteiger partial charge is 0.493 e. The summed E-state index contributed by atoms with van der Waals surface area (Å²) in [6.45, 7) is 1.58. The van der Waals surface area contributed by atoms with Crippen molar-refractivity contribution >= 4 is 50.0 Å². The summed E-state index contributed by atoms with van der Waals surface area (Å²) in [5.41, 5.74) is 1.47. The molecule has 9 nitrogen and oxygen atoms in total. The fraction of sp³-hybridized carbons (Fsp3) is 0.143. The highest BCUT2D eigenvalue weighted by Gasteiger charge is 2.18. The standard InChI is InChI=1S/C28H22BrN3O6/c1-16(28(34)36-3)37-23-10-8-17(12-24(23)35-2)15-30-32-26(31-21-7-5-4-6-20(21)27(32)33)25-14-18-13-19(29)9-11-22(18)38-25/h4-16H,1-3H3/t16-/m1/s1. The molecule has 2 heterocycles. The van der Waals surface area contributed by atoms with E-state index in [1.165, 1.54) is 25.1 Å². The molecule has 1 atom stereocenters. The topological polar surface area (TPSA) is 105 Å². The van der Waals surface area contributed by atoms with Gasteiger partial charge in [-0.05, 0) is 67.1 Å². The van der Waals surface area contributed by atoms with E-state index in [0.29, 0.717) is 39.3 Å². The Kier molecular flexibility index (Phi) is 6.97. The first kappa shape index (κ1) is 25.2. The van der Waals surface area contributed by atoms with Crippen molar-refractivity contribution in [3.8, 4) is 23.1 Å². The summed E-state index contributed by atoms with van der Waals surface area (Å²) in [5.74, 6) is 0.900. The fourth-order valence-electron chi connectivity index (χ4n) is 3.91. The van der Waals surface area contributed by atoms with E-state index in [9.17, 15) is 9.59 Å². The van der Waals surface area contributed by atoms with Crippen molar-refractivity contribution in [1.82, 2.24) is 9.66 Å². The van der Waals surface area contributed by atoms with Gasteiger partial charge < -0.3 is 18.6 Å². The van der Waals surface area contributed by atoms with Gasteiger partial charge in [-0.15, -0.1) is 0 Å². The van der Waals surface area contributed by atoms with Crippen molar-refractivity contribution in [2.75, 3.05) is 14.2 Å². The number of rotatable bonds is 7. The van der Waals surface area contributed by atoms with Gasteiger partial charge >= 0.3 is 5.97 Å². The average molecular weight is 576 g/mol. The Morgan fingerprint density at radius 3 is 2.68 bits per heavy atom. The van der Waals surface area contributed by atoms with Crippen molar-refractivity contribution in [3.63, 3.8) is 0 Å². The predicted octanol–water partition coefficient (Wildman–Crippen LogP) is 5.40. The molecule has 5 rings (SSSR count). The maximum Gasteiger partial charge on any atom is 0.346 e. The second-order valence-electron chi connectivity index (χ2n) is 8.30. The highest BCUT2D eigenvalue weighted by atomic mass is 79.9. The number of hydrogen-bond acceptors (Lipinski definition) is 8. The van der Waals surface area contributed by atoms with E-state index < -0.39 is 12.1 Å². The summed E-state index contributed by atoms with van der Waals surface area (Å²) < 4.78 is 24.0. The van der Waals surface area contributed by atoms with Crippen LogP contribution in [0, 0.1) is 0 Å². The van der Waals surface area contributed by atoms with Gasteiger partial charge in [0.05, 0.1) is 31.3 Å². The Morgan fingerprint density at radius 2 is 1.89 bits per heavy atom. The van der Waals surface area contributed by atoms with Gasteiger partial charge in [-0.3, -0.25) is 4.79 Å². The maximum absolute atomic E-state index is 13.5. The Balaban J connectivity index is 1.58. The summed E-state index contributed by atoms with van der Waals surface area (Å²) in [6, 6.07) is 19.6. The van der Waals surface area contributed by atoms with Crippen LogP contribution in [-0.2, 0) is 9.53 Å². The lowest BCUT2D eigenvalue weighted by Crippen LogP contribution is -2.25. The molecule has 2 aromatic heterocycles. The number of hydrogen-bond donors (Lipinski definition) is 0. The molecule has 0 unspecified atom stereocenters. The number of nitrogens with zero attached hydrogens (tertiary/aromatic N) is 3. The van der Waals surface area contributed by atoms with Crippen LogP contribution in [-0.4, -0.2) is 42.2 Å². The van der Waals surface area contributed by atoms with Crippen LogP contribution >= 0.6 is 15.9 Å². The molecule has 0 bridgehead atoms. The Bertz CT molecular complexity index is 1760. The van der Waals surface area contributed by atoms with E-state index in [2.05, 4.69) is 21.0 Å². The number of carbonyl (C=O) groups is 1. The van der Waals surface area contributed by atoms with Crippen LogP contribution in [0.1, 0.15) is 12.5 Å². The summed E-state index contributed by atoms with van der Waals surface area (Å²) in [4.78, 5) is 29.9. The number of benzene rings is 3. The average Bonchev–Trinajstić information content (AvgIpc) is 3.35. The molecule has 0 saturated carbocycles. The Hall–Kier alpha value is -4.44. The third-order valence-electron chi connectivity index (χ3n) is 5.80. The zero-order valence-electron chi connectivity index (χ0n) is 20.7. The highest BCUT2D eigenvalue weighted by Crippen LogP contribution is 2.30. The van der Waals surface area contributed by atoms with Crippen LogP contribution in [0.25, 0.3) is 33.5 Å². The van der Waals surface area contributed by atoms with Crippen LogP contribution in [0.2, 0.25) is 0 Å². The van der Waals surface area contributed by atoms with Crippen LogP contribution in [0.15, 0.2) is 85.5 Å². The van der Waals surface area contributed by atoms with Crippen LogP contribution < -0.4 is 15.0 Å². The van der Waals surface area contributed by atoms with Gasteiger partial charge in [0.1, 0.15) is 5.58 Å². The number of aromatic nitrogens is 2. The molecule has 3 aromatic carbocycles. The van der Waals surface area contributed by atoms with Gasteiger partial charge in [0.15, 0.2) is 23.4 Å². The molecule has 0 saturated heterocycles. The molecule has 0 radical (unpaired) electrons. The second kappa shape index (κ2) is 10.5. The van der Waals surface area contributed by atoms with Crippen molar-refractivity contribution in [2.24, 2.45) is 5.10 Å². The number of fused-ring (bicyclic) bond motifs is 2. The lowest BCUT2D eigenvalue weighted by atomic mass is 10.2. The Labute approximate surface area is 225 Å². The minimum Gasteiger partial charge on any atom is -0.493 e. The summed E-state index contributed by atoms with van der Waals surface area (Å²) in [7, 11) is 2.78. The maximum atomic E-state index is 13.5. The molecule has 0 fully saturated rings. The molecule has 10 heteroatoms. The van der Waals surface area contributed by atoms with Crippen LogP contribution in [0.3, 0.4) is 0 Å². The summed E-state index contributed by atoms with van der Waals surface area (Å²) in [6.07, 6.45) is 0.694. The van der Waals surface area contributed by atoms with Gasteiger partial charge in [0.25, 0.3) is 5.56 Å². The normalized spacial score (nSPS) is 12.2. The third kappa shape index (κ3) is 4.90. The van der Waals surface area contributed by atoms with E-state index >= 15 is 0 Å². The first-order valence-corrected chi connectivity index (χ1v) is 12.4. The van der Waals surface area contributed by atoms with E-state index in [1.54, 1.807) is 43.3 Å². The number of halogens is 1. The van der Waals surface area contributed by atoms with E-state index in [0.717, 1.165) is 9.86 Å². The zero-order chi connectivity index (χ0) is 26.8. The minimum absolute atomic E-state index is 0.260. The lowest BCUT2D eigenvalue weighted by Gasteiger charge is -2.15. The van der Waals surface area contributed by atoms with Crippen LogP contribution in [0.4, 0.5) is 0 Å². The van der Waals surface area contributed by atoms with Gasteiger partial charge in [0, 0.05) is 9.86 Å². The minimum atomic E-state index is -0.817. The smallest absolute Gasteiger partial charge is 0.346 e. The molecule has 38 heavy (non-hydrogen) atoms. The van der Waals surface area contributed by atoms with Gasteiger partial charge in [0.2, 0.25) is 5.82 Å². The lowest BCUT2D eigenvalue weighted by molar-refractivity contribution is -0.147. The second-order valence-corrected chi connectivity index (χ2v) is 9.22. The molecule has 0 aliphatic heterocycles. The molecular weight excluding hydrogens is 554 g/mol. The van der Waals surface area contributed by atoms with E-state index in [4.69, 9.17) is 23.6 Å². The first-order valence-electron chi connectivity index (χ1n) is 11.6. The molecular formula is C28H22BrN3O6. The molecule has 192 valence electrons. The van der Waals surface area contributed by atoms with E-state index in [-0.39, 0.29) is 11.4 Å². The van der Waals surface area contributed by atoms with Crippen molar-refractivity contribution < 1.29 is 23.4 Å². The monoisotopic (exact) mass is 575 g/mol. The third-order valence-corrected chi connectivity index (χ3v) is 6.29. The number of ether oxygens (including phenoxy) is 3. The molecule has 5 aromatic rings. The molecule has 0 N–H and O–H groups in total. The SMILES string of the molecule is COC(=O)[C@@H](C)Oc1ccc(C=Nn2c(-c3cc4cc(Br)ccc4o3)nc3ccccc3c2=O)cc1OC. The summed E-state index contributed by atoms with van der Waals surface area (Å²) in [5, 5.41) is 5.75. The molecule has 0 aliphatic rings. The van der Waals surface area contributed by atoms with Gasteiger partial charge in [-0.1, -0.05) is 28.1 Å². The predicted molar refractivity (Wildman–Crippen MR) is 147 cm³/mol. The van der Waals surface area contributed by atoms with Gasteiger partial charge in [-0.25, -0.2) is 9.78 Å². The highest BCUT2D eigenvalue weighted by molar-refractivity contribution is 9.10. The zero-order valence-corrected chi connectivity index (χ0v) is 22.3.